The Hall–Kier alpha value is -2.25. The van der Waals surface area contributed by atoms with E-state index < -0.39 is 21.9 Å². The van der Waals surface area contributed by atoms with Gasteiger partial charge in [-0.05, 0) is 74.2 Å². The van der Waals surface area contributed by atoms with E-state index in [1.807, 2.05) is 32.0 Å². The van der Waals surface area contributed by atoms with Gasteiger partial charge in [-0.15, -0.1) is 0 Å². The van der Waals surface area contributed by atoms with Gasteiger partial charge < -0.3 is 5.32 Å². The molecule has 1 atom stereocenters. The Morgan fingerprint density at radius 2 is 1.70 bits per heavy atom. The molecule has 144 valence electrons. The maximum absolute atomic E-state index is 13.2. The molecule has 0 bridgehead atoms. The number of aryl methyl sites for hydroxylation is 2. The third-order valence-electron chi connectivity index (χ3n) is 4.67. The Kier molecular flexibility index (Phi) is 5.62. The predicted octanol–water partition coefficient (Wildman–Crippen LogP) is 3.62. The van der Waals surface area contributed by atoms with E-state index in [1.54, 1.807) is 0 Å². The fourth-order valence-electron chi connectivity index (χ4n) is 3.47. The minimum absolute atomic E-state index is 0.00463. The Labute approximate surface area is 159 Å². The topological polar surface area (TPSA) is 66.5 Å². The summed E-state index contributed by atoms with van der Waals surface area (Å²) in [6.45, 7) is 4.15. The van der Waals surface area contributed by atoms with Crippen molar-refractivity contribution < 1.29 is 17.6 Å². The van der Waals surface area contributed by atoms with Gasteiger partial charge >= 0.3 is 0 Å². The minimum atomic E-state index is -3.88. The second-order valence-electron chi connectivity index (χ2n) is 6.95. The van der Waals surface area contributed by atoms with Crippen molar-refractivity contribution in [3.05, 3.63) is 59.4 Å². The molecule has 1 saturated heterocycles. The number of piperidine rings is 1. The average molecular weight is 390 g/mol. The highest BCUT2D eigenvalue weighted by Gasteiger charge is 2.37. The summed E-state index contributed by atoms with van der Waals surface area (Å²) in [5.41, 5.74) is 2.69. The van der Waals surface area contributed by atoms with Crippen molar-refractivity contribution in [1.82, 2.24) is 4.31 Å². The van der Waals surface area contributed by atoms with E-state index in [0.29, 0.717) is 18.5 Å². The van der Waals surface area contributed by atoms with Crippen LogP contribution >= 0.6 is 0 Å². The fourth-order valence-corrected chi connectivity index (χ4v) is 5.13. The molecule has 1 aliphatic rings. The molecule has 5 nitrogen and oxygen atoms in total. The van der Waals surface area contributed by atoms with E-state index >= 15 is 0 Å². The molecular formula is C20H23FN2O3S. The lowest BCUT2D eigenvalue weighted by molar-refractivity contribution is -0.120. The Balaban J connectivity index is 1.86. The summed E-state index contributed by atoms with van der Waals surface area (Å²) in [6.07, 6.45) is 1.92. The summed E-state index contributed by atoms with van der Waals surface area (Å²) in [7, 11) is -3.88. The molecular weight excluding hydrogens is 367 g/mol. The molecule has 2 aromatic rings. The highest BCUT2D eigenvalue weighted by Crippen LogP contribution is 2.27. The third kappa shape index (κ3) is 4.36. The first kappa shape index (κ1) is 19.5. The predicted molar refractivity (Wildman–Crippen MR) is 102 cm³/mol. The third-order valence-corrected chi connectivity index (χ3v) is 6.59. The molecule has 1 fully saturated rings. The monoisotopic (exact) mass is 390 g/mol. The largest absolute Gasteiger partial charge is 0.325 e. The van der Waals surface area contributed by atoms with Crippen LogP contribution in [0.4, 0.5) is 10.1 Å². The molecule has 1 N–H and O–H groups in total. The quantitative estimate of drug-likeness (QED) is 0.867. The SMILES string of the molecule is Cc1cc(C)cc(NC(=O)[C@H]2CCCCN2S(=O)(=O)c2ccc(F)cc2)c1. The number of rotatable bonds is 4. The second-order valence-corrected chi connectivity index (χ2v) is 8.84. The van der Waals surface area contributed by atoms with Crippen LogP contribution in [-0.4, -0.2) is 31.2 Å². The molecule has 1 heterocycles. The van der Waals surface area contributed by atoms with Crippen molar-refractivity contribution in [2.75, 3.05) is 11.9 Å². The summed E-state index contributed by atoms with van der Waals surface area (Å²) in [6, 6.07) is 9.62. The number of sulfonamides is 1. The van der Waals surface area contributed by atoms with E-state index in [4.69, 9.17) is 0 Å². The standard InChI is InChI=1S/C20H23FN2O3S/c1-14-11-15(2)13-17(12-14)22-20(24)19-5-3-4-10-23(19)27(25,26)18-8-6-16(21)7-9-18/h6-9,11-13,19H,3-5,10H2,1-2H3,(H,22,24)/t19-/m1/s1. The van der Waals surface area contributed by atoms with Crippen molar-refractivity contribution in [2.24, 2.45) is 0 Å². The van der Waals surface area contributed by atoms with Crippen LogP contribution in [0.2, 0.25) is 0 Å². The van der Waals surface area contributed by atoms with Gasteiger partial charge in [-0.1, -0.05) is 12.5 Å². The molecule has 0 aliphatic carbocycles. The van der Waals surface area contributed by atoms with Crippen molar-refractivity contribution in [2.45, 2.75) is 44.0 Å². The Morgan fingerprint density at radius 1 is 1.07 bits per heavy atom. The smallest absolute Gasteiger partial charge is 0.243 e. The van der Waals surface area contributed by atoms with Gasteiger partial charge in [-0.25, -0.2) is 12.8 Å². The maximum atomic E-state index is 13.2. The number of anilines is 1. The van der Waals surface area contributed by atoms with E-state index in [0.717, 1.165) is 29.7 Å². The number of benzene rings is 2. The number of nitrogens with zero attached hydrogens (tertiary/aromatic N) is 1. The van der Waals surface area contributed by atoms with Gasteiger partial charge in [0.25, 0.3) is 0 Å². The summed E-state index contributed by atoms with van der Waals surface area (Å²) in [5, 5.41) is 2.85. The van der Waals surface area contributed by atoms with Gasteiger partial charge in [-0.2, -0.15) is 4.31 Å². The molecule has 0 aromatic heterocycles. The lowest BCUT2D eigenvalue weighted by atomic mass is 10.0. The zero-order chi connectivity index (χ0) is 19.6. The van der Waals surface area contributed by atoms with Gasteiger partial charge in [0, 0.05) is 12.2 Å². The first-order chi connectivity index (χ1) is 12.8. The molecule has 27 heavy (non-hydrogen) atoms. The Bertz CT molecular complexity index is 922. The summed E-state index contributed by atoms with van der Waals surface area (Å²) in [5.74, 6) is -0.845. The molecule has 0 unspecified atom stereocenters. The number of halogens is 1. The lowest BCUT2D eigenvalue weighted by Gasteiger charge is -2.33. The number of carbonyl (C=O) groups excluding carboxylic acids is 1. The fraction of sp³-hybridized carbons (Fsp3) is 0.350. The molecule has 0 spiro atoms. The van der Waals surface area contributed by atoms with E-state index in [9.17, 15) is 17.6 Å². The van der Waals surface area contributed by atoms with Crippen LogP contribution < -0.4 is 5.32 Å². The summed E-state index contributed by atoms with van der Waals surface area (Å²) in [4.78, 5) is 12.9. The molecule has 3 rings (SSSR count). The van der Waals surface area contributed by atoms with Crippen LogP contribution in [0.15, 0.2) is 47.4 Å². The lowest BCUT2D eigenvalue weighted by Crippen LogP contribution is -2.49. The van der Waals surface area contributed by atoms with E-state index in [1.165, 1.54) is 16.4 Å². The van der Waals surface area contributed by atoms with Gasteiger partial charge in [0.15, 0.2) is 0 Å². The summed E-state index contributed by atoms with van der Waals surface area (Å²) >= 11 is 0. The molecule has 0 saturated carbocycles. The van der Waals surface area contributed by atoms with Crippen molar-refractivity contribution in [3.63, 3.8) is 0 Å². The van der Waals surface area contributed by atoms with Crippen LogP contribution in [0.25, 0.3) is 0 Å². The Morgan fingerprint density at radius 3 is 2.33 bits per heavy atom. The first-order valence-corrected chi connectivity index (χ1v) is 10.4. The molecule has 7 heteroatoms. The van der Waals surface area contributed by atoms with Crippen molar-refractivity contribution in [1.29, 1.82) is 0 Å². The number of amides is 1. The van der Waals surface area contributed by atoms with Crippen LogP contribution in [-0.2, 0) is 14.8 Å². The molecule has 1 aliphatic heterocycles. The highest BCUT2D eigenvalue weighted by molar-refractivity contribution is 7.89. The van der Waals surface area contributed by atoms with Crippen LogP contribution in [0.5, 0.6) is 0 Å². The zero-order valence-electron chi connectivity index (χ0n) is 15.4. The number of nitrogens with one attached hydrogen (secondary N) is 1. The normalized spacial score (nSPS) is 18.3. The second kappa shape index (κ2) is 7.78. The first-order valence-electron chi connectivity index (χ1n) is 8.94. The molecule has 0 radical (unpaired) electrons. The highest BCUT2D eigenvalue weighted by atomic mass is 32.2. The summed E-state index contributed by atoms with van der Waals surface area (Å²) < 4.78 is 40.4. The zero-order valence-corrected chi connectivity index (χ0v) is 16.2. The van der Waals surface area contributed by atoms with Gasteiger partial charge in [0.1, 0.15) is 11.9 Å². The van der Waals surface area contributed by atoms with Crippen molar-refractivity contribution >= 4 is 21.6 Å². The molecule has 1 amide bonds. The minimum Gasteiger partial charge on any atom is -0.325 e. The van der Waals surface area contributed by atoms with Gasteiger partial charge in [-0.3, -0.25) is 4.79 Å². The number of carbonyl (C=O) groups is 1. The van der Waals surface area contributed by atoms with Gasteiger partial charge in [0.2, 0.25) is 15.9 Å². The maximum Gasteiger partial charge on any atom is 0.243 e. The number of hydrogen-bond acceptors (Lipinski definition) is 3. The number of hydrogen-bond donors (Lipinski definition) is 1. The van der Waals surface area contributed by atoms with Crippen LogP contribution in [0, 0.1) is 19.7 Å². The van der Waals surface area contributed by atoms with Crippen LogP contribution in [0.3, 0.4) is 0 Å². The van der Waals surface area contributed by atoms with E-state index in [-0.39, 0.29) is 17.3 Å². The average Bonchev–Trinajstić information content (AvgIpc) is 2.61. The van der Waals surface area contributed by atoms with Crippen LogP contribution in [0.1, 0.15) is 30.4 Å². The van der Waals surface area contributed by atoms with Gasteiger partial charge in [0.05, 0.1) is 4.90 Å². The molecule has 2 aromatic carbocycles. The van der Waals surface area contributed by atoms with E-state index in [2.05, 4.69) is 5.32 Å². The van der Waals surface area contributed by atoms with Crippen molar-refractivity contribution in [3.8, 4) is 0 Å².